The van der Waals surface area contributed by atoms with Gasteiger partial charge < -0.3 is 0 Å². The third-order valence-electron chi connectivity index (χ3n) is 3.55. The number of rotatable bonds is 0. The van der Waals surface area contributed by atoms with Crippen LogP contribution in [0.25, 0.3) is 0 Å². The zero-order chi connectivity index (χ0) is 12.1. The Morgan fingerprint density at radius 2 is 1.53 bits per heavy atom. The highest BCUT2D eigenvalue weighted by molar-refractivity contribution is 7.80. The van der Waals surface area contributed by atoms with Crippen molar-refractivity contribution in [2.24, 2.45) is 0 Å². The maximum atomic E-state index is 11.5. The summed E-state index contributed by atoms with van der Waals surface area (Å²) >= 11 is 4.50. The fourth-order valence-electron chi connectivity index (χ4n) is 2.56. The molecule has 0 bridgehead atoms. The SMILES string of the molecule is O=c1ccc2c(c(S)c1)CCCCCCCC2. The molecular formula is C15H20OS. The van der Waals surface area contributed by atoms with Crippen molar-refractivity contribution >= 4 is 12.6 Å². The highest BCUT2D eigenvalue weighted by atomic mass is 32.1. The molecule has 0 unspecified atom stereocenters. The van der Waals surface area contributed by atoms with Crippen molar-refractivity contribution in [3.8, 4) is 0 Å². The predicted octanol–water partition coefficient (Wildman–Crippen LogP) is 3.77. The number of hydrogen-bond donors (Lipinski definition) is 1. The van der Waals surface area contributed by atoms with Crippen molar-refractivity contribution in [3.63, 3.8) is 0 Å². The number of hydrogen-bond acceptors (Lipinski definition) is 2. The van der Waals surface area contributed by atoms with Crippen LogP contribution in [0.2, 0.25) is 0 Å². The van der Waals surface area contributed by atoms with Crippen LogP contribution in [0.15, 0.2) is 27.9 Å². The van der Waals surface area contributed by atoms with Gasteiger partial charge in [0.1, 0.15) is 0 Å². The molecule has 1 aliphatic rings. The second-order valence-electron chi connectivity index (χ2n) is 4.89. The van der Waals surface area contributed by atoms with Crippen LogP contribution in [0.1, 0.15) is 49.7 Å². The molecule has 2 rings (SSSR count). The van der Waals surface area contributed by atoms with Gasteiger partial charge in [-0.25, -0.2) is 0 Å². The van der Waals surface area contributed by atoms with Crippen LogP contribution in [0, 0.1) is 0 Å². The highest BCUT2D eigenvalue weighted by Crippen LogP contribution is 2.22. The van der Waals surface area contributed by atoms with Gasteiger partial charge in [0.05, 0.1) is 0 Å². The quantitative estimate of drug-likeness (QED) is 0.692. The van der Waals surface area contributed by atoms with Crippen molar-refractivity contribution in [3.05, 3.63) is 39.5 Å². The van der Waals surface area contributed by atoms with E-state index in [1.54, 1.807) is 12.1 Å². The van der Waals surface area contributed by atoms with Gasteiger partial charge in [-0.2, -0.15) is 0 Å². The average Bonchev–Trinajstić information content (AvgIpc) is 2.45. The van der Waals surface area contributed by atoms with Crippen molar-refractivity contribution < 1.29 is 0 Å². The molecule has 92 valence electrons. The molecule has 0 saturated carbocycles. The van der Waals surface area contributed by atoms with Crippen LogP contribution in [-0.2, 0) is 12.8 Å². The summed E-state index contributed by atoms with van der Waals surface area (Å²) in [6, 6.07) is 5.36. The lowest BCUT2D eigenvalue weighted by molar-refractivity contribution is 0.579. The topological polar surface area (TPSA) is 17.1 Å². The Labute approximate surface area is 109 Å². The molecule has 1 aromatic rings. The van der Waals surface area contributed by atoms with E-state index in [-0.39, 0.29) is 5.43 Å². The first-order valence-electron chi connectivity index (χ1n) is 6.62. The summed E-state index contributed by atoms with van der Waals surface area (Å²) in [5.41, 5.74) is 2.70. The maximum Gasteiger partial charge on any atom is 0.179 e. The van der Waals surface area contributed by atoms with Crippen LogP contribution < -0.4 is 5.43 Å². The lowest BCUT2D eigenvalue weighted by atomic mass is 9.96. The predicted molar refractivity (Wildman–Crippen MR) is 75.1 cm³/mol. The van der Waals surface area contributed by atoms with E-state index in [4.69, 9.17) is 0 Å². The molecule has 0 aromatic heterocycles. The van der Waals surface area contributed by atoms with E-state index in [0.29, 0.717) is 0 Å². The summed E-state index contributed by atoms with van der Waals surface area (Å²) in [7, 11) is 0. The number of thiol groups is 1. The Morgan fingerprint density at radius 3 is 2.29 bits per heavy atom. The van der Waals surface area contributed by atoms with E-state index in [2.05, 4.69) is 12.6 Å². The second kappa shape index (κ2) is 6.25. The molecule has 17 heavy (non-hydrogen) atoms. The summed E-state index contributed by atoms with van der Waals surface area (Å²) < 4.78 is 0. The Bertz CT molecular complexity index is 439. The van der Waals surface area contributed by atoms with E-state index < -0.39 is 0 Å². The first kappa shape index (κ1) is 12.7. The third kappa shape index (κ3) is 3.60. The van der Waals surface area contributed by atoms with Crippen LogP contribution in [0.3, 0.4) is 0 Å². The van der Waals surface area contributed by atoms with Gasteiger partial charge >= 0.3 is 0 Å². The molecule has 0 radical (unpaired) electrons. The van der Waals surface area contributed by atoms with Gasteiger partial charge in [-0.3, -0.25) is 4.79 Å². The minimum Gasteiger partial charge on any atom is -0.290 e. The number of fused-ring (bicyclic) bond motifs is 1. The van der Waals surface area contributed by atoms with E-state index in [1.165, 1.54) is 49.7 Å². The van der Waals surface area contributed by atoms with E-state index >= 15 is 0 Å². The van der Waals surface area contributed by atoms with Gasteiger partial charge in [-0.15, -0.1) is 12.6 Å². The van der Waals surface area contributed by atoms with E-state index in [0.717, 1.165) is 17.7 Å². The van der Waals surface area contributed by atoms with Gasteiger partial charge in [0.15, 0.2) is 5.43 Å². The fourth-order valence-corrected chi connectivity index (χ4v) is 2.95. The van der Waals surface area contributed by atoms with Crippen LogP contribution in [0.5, 0.6) is 0 Å². The minimum atomic E-state index is 0.0670. The summed E-state index contributed by atoms with van der Waals surface area (Å²) in [5, 5.41) is 0. The molecule has 0 heterocycles. The zero-order valence-corrected chi connectivity index (χ0v) is 11.1. The molecule has 0 aliphatic heterocycles. The molecule has 1 aliphatic carbocycles. The second-order valence-corrected chi connectivity index (χ2v) is 5.37. The Kier molecular flexibility index (Phi) is 4.66. The van der Waals surface area contributed by atoms with Crippen LogP contribution in [0.4, 0.5) is 0 Å². The van der Waals surface area contributed by atoms with Crippen molar-refractivity contribution in [1.29, 1.82) is 0 Å². The van der Waals surface area contributed by atoms with Crippen molar-refractivity contribution in [2.45, 2.75) is 56.3 Å². The highest BCUT2D eigenvalue weighted by Gasteiger charge is 2.07. The summed E-state index contributed by atoms with van der Waals surface area (Å²) in [5.74, 6) is 0. The smallest absolute Gasteiger partial charge is 0.179 e. The molecule has 2 heteroatoms. The maximum absolute atomic E-state index is 11.5. The minimum absolute atomic E-state index is 0.0670. The molecule has 0 atom stereocenters. The van der Waals surface area contributed by atoms with Gasteiger partial charge in [-0.1, -0.05) is 31.7 Å². The first-order valence-corrected chi connectivity index (χ1v) is 7.07. The van der Waals surface area contributed by atoms with Gasteiger partial charge in [0.25, 0.3) is 0 Å². The largest absolute Gasteiger partial charge is 0.290 e. The molecule has 0 saturated heterocycles. The molecule has 1 nitrogen and oxygen atoms in total. The average molecular weight is 248 g/mol. The lowest BCUT2D eigenvalue weighted by Gasteiger charge is -2.11. The van der Waals surface area contributed by atoms with Crippen molar-refractivity contribution in [1.82, 2.24) is 0 Å². The number of aryl methyl sites for hydroxylation is 1. The monoisotopic (exact) mass is 248 g/mol. The summed E-state index contributed by atoms with van der Waals surface area (Å²) in [6.45, 7) is 0. The molecule has 1 aromatic carbocycles. The van der Waals surface area contributed by atoms with E-state index in [9.17, 15) is 4.79 Å². The van der Waals surface area contributed by atoms with Crippen molar-refractivity contribution in [2.75, 3.05) is 0 Å². The summed E-state index contributed by atoms with van der Waals surface area (Å²) in [4.78, 5) is 12.4. The normalized spacial score (nSPS) is 17.2. The van der Waals surface area contributed by atoms with E-state index in [1.807, 2.05) is 6.07 Å². The Morgan fingerprint density at radius 1 is 0.882 bits per heavy atom. The lowest BCUT2D eigenvalue weighted by Crippen LogP contribution is -1.97. The fraction of sp³-hybridized carbons (Fsp3) is 0.533. The van der Waals surface area contributed by atoms with Crippen LogP contribution >= 0.6 is 12.6 Å². The van der Waals surface area contributed by atoms with Crippen LogP contribution in [-0.4, -0.2) is 0 Å². The molecule has 0 fully saturated rings. The van der Waals surface area contributed by atoms with Gasteiger partial charge in [-0.05, 0) is 48.9 Å². The standard InChI is InChI=1S/C15H20OS/c16-13-10-9-12-7-5-3-1-2-4-6-8-14(12)15(17)11-13/h9-11,17H,1-8H2. The summed E-state index contributed by atoms with van der Waals surface area (Å²) in [6.07, 6.45) is 9.94. The third-order valence-corrected chi connectivity index (χ3v) is 3.95. The molecule has 0 N–H and O–H groups in total. The Hall–Kier alpha value is -0.760. The zero-order valence-electron chi connectivity index (χ0n) is 10.2. The van der Waals surface area contributed by atoms with Gasteiger partial charge in [0.2, 0.25) is 0 Å². The Balaban J connectivity index is 2.37. The molecule has 0 spiro atoms. The molecule has 0 amide bonds. The first-order chi connectivity index (χ1) is 8.27. The van der Waals surface area contributed by atoms with Gasteiger partial charge in [0, 0.05) is 4.90 Å². The molecular weight excluding hydrogens is 228 g/mol.